The first kappa shape index (κ1) is 24.2. The van der Waals surface area contributed by atoms with E-state index >= 15 is 0 Å². The number of benzene rings is 1. The molecule has 2 aliphatic heterocycles. The number of carbonyl (C=O) groups is 3. The average Bonchev–Trinajstić information content (AvgIpc) is 3.18. The maximum absolute atomic E-state index is 12.9. The molecule has 1 unspecified atom stereocenters. The minimum Gasteiger partial charge on any atom is -0.370 e. The molecule has 1 aromatic heterocycles. The third-order valence-electron chi connectivity index (χ3n) is 6.26. The van der Waals surface area contributed by atoms with Crippen molar-refractivity contribution in [1.29, 1.82) is 0 Å². The first-order chi connectivity index (χ1) is 16.6. The molecule has 0 aliphatic carbocycles. The summed E-state index contributed by atoms with van der Waals surface area (Å²) in [5.41, 5.74) is 1.70. The summed E-state index contributed by atoms with van der Waals surface area (Å²) in [6.07, 6.45) is 11.1. The molecular weight excluding hydrogens is 450 g/mol. The fourth-order valence-corrected chi connectivity index (χ4v) is 5.51. The number of fused-ring (bicyclic) bond motifs is 1. The molecule has 180 valence electrons. The quantitative estimate of drug-likeness (QED) is 0.270. The second-order valence-electron chi connectivity index (χ2n) is 8.67. The summed E-state index contributed by atoms with van der Waals surface area (Å²) < 4.78 is 0. The van der Waals surface area contributed by atoms with E-state index < -0.39 is 6.04 Å². The number of hydrogen-bond donors (Lipinski definition) is 2. The minimum absolute atomic E-state index is 0.110. The van der Waals surface area contributed by atoms with Crippen molar-refractivity contribution in [3.63, 3.8) is 0 Å². The van der Waals surface area contributed by atoms with Crippen LogP contribution < -0.4 is 10.6 Å². The topological polar surface area (TPSA) is 104 Å². The minimum atomic E-state index is -0.563. The SMILES string of the molecule is O=C1CCC(N2Cc3c(SCCCCCCCCNc4ccncn4)cccc3C2=O)C(=O)N1. The molecule has 0 saturated carbocycles. The fourth-order valence-electron chi connectivity index (χ4n) is 4.42. The Bertz CT molecular complexity index is 1020. The monoisotopic (exact) mass is 481 g/mol. The highest BCUT2D eigenvalue weighted by molar-refractivity contribution is 7.99. The zero-order valence-electron chi connectivity index (χ0n) is 19.3. The van der Waals surface area contributed by atoms with Crippen LogP contribution in [0.15, 0.2) is 41.7 Å². The van der Waals surface area contributed by atoms with Gasteiger partial charge in [-0.2, -0.15) is 0 Å². The third-order valence-corrected chi connectivity index (χ3v) is 7.44. The van der Waals surface area contributed by atoms with Gasteiger partial charge in [-0.25, -0.2) is 9.97 Å². The number of piperidine rings is 1. The number of amides is 3. The van der Waals surface area contributed by atoms with Crippen molar-refractivity contribution >= 4 is 35.3 Å². The van der Waals surface area contributed by atoms with Gasteiger partial charge in [0.15, 0.2) is 0 Å². The number of nitrogens with one attached hydrogen (secondary N) is 2. The van der Waals surface area contributed by atoms with Gasteiger partial charge in [-0.3, -0.25) is 19.7 Å². The molecule has 2 aromatic rings. The Balaban J connectivity index is 1.14. The lowest BCUT2D eigenvalue weighted by Crippen LogP contribution is -2.52. The van der Waals surface area contributed by atoms with Crippen molar-refractivity contribution in [3.05, 3.63) is 47.9 Å². The fraction of sp³-hybridized carbons (Fsp3) is 0.480. The highest BCUT2D eigenvalue weighted by Crippen LogP contribution is 2.34. The lowest BCUT2D eigenvalue weighted by Gasteiger charge is -2.29. The molecule has 34 heavy (non-hydrogen) atoms. The standard InChI is InChI=1S/C25H31N5O3S/c31-23-11-10-20(24(32)29-23)30-16-19-18(25(30)33)8-7-9-21(19)34-15-6-4-2-1-3-5-13-27-22-12-14-26-17-28-22/h7-9,12,14,17,20H,1-6,10-11,13,15-16H2,(H,26,27,28)(H,29,31,32). The molecule has 0 spiro atoms. The summed E-state index contributed by atoms with van der Waals surface area (Å²) in [6.45, 7) is 1.37. The lowest BCUT2D eigenvalue weighted by atomic mass is 10.0. The van der Waals surface area contributed by atoms with E-state index in [9.17, 15) is 14.4 Å². The summed E-state index contributed by atoms with van der Waals surface area (Å²) in [5, 5.41) is 5.67. The Morgan fingerprint density at radius 2 is 1.88 bits per heavy atom. The Hall–Kier alpha value is -2.94. The third kappa shape index (κ3) is 6.14. The average molecular weight is 482 g/mol. The molecule has 0 radical (unpaired) electrons. The second-order valence-corrected chi connectivity index (χ2v) is 9.81. The predicted octanol–water partition coefficient (Wildman–Crippen LogP) is 3.78. The van der Waals surface area contributed by atoms with E-state index in [1.54, 1.807) is 29.2 Å². The smallest absolute Gasteiger partial charge is 0.255 e. The highest BCUT2D eigenvalue weighted by atomic mass is 32.2. The van der Waals surface area contributed by atoms with Crippen molar-refractivity contribution < 1.29 is 14.4 Å². The number of rotatable bonds is 12. The van der Waals surface area contributed by atoms with Crippen LogP contribution in [0, 0.1) is 0 Å². The number of anilines is 1. The number of carbonyl (C=O) groups excluding carboxylic acids is 3. The number of imide groups is 1. The van der Waals surface area contributed by atoms with Gasteiger partial charge in [-0.05, 0) is 48.8 Å². The van der Waals surface area contributed by atoms with E-state index in [1.165, 1.54) is 25.7 Å². The van der Waals surface area contributed by atoms with Crippen LogP contribution >= 0.6 is 11.8 Å². The second kappa shape index (κ2) is 12.0. The predicted molar refractivity (Wildman–Crippen MR) is 131 cm³/mol. The number of aromatic nitrogens is 2. The van der Waals surface area contributed by atoms with Crippen LogP contribution in [0.4, 0.5) is 5.82 Å². The van der Waals surface area contributed by atoms with Gasteiger partial charge >= 0.3 is 0 Å². The van der Waals surface area contributed by atoms with Gasteiger partial charge < -0.3 is 10.2 Å². The number of hydrogen-bond acceptors (Lipinski definition) is 7. The van der Waals surface area contributed by atoms with Crippen LogP contribution in [0.1, 0.15) is 67.3 Å². The normalized spacial score (nSPS) is 17.6. The van der Waals surface area contributed by atoms with Gasteiger partial charge in [-0.1, -0.05) is 31.7 Å². The Morgan fingerprint density at radius 3 is 2.68 bits per heavy atom. The molecule has 3 amide bonds. The largest absolute Gasteiger partial charge is 0.370 e. The molecule has 3 heterocycles. The van der Waals surface area contributed by atoms with Gasteiger partial charge in [0.2, 0.25) is 11.8 Å². The summed E-state index contributed by atoms with van der Waals surface area (Å²) in [6, 6.07) is 7.14. The molecule has 1 fully saturated rings. The summed E-state index contributed by atoms with van der Waals surface area (Å²) in [5.74, 6) is 1.15. The molecule has 1 atom stereocenters. The van der Waals surface area contributed by atoms with Crippen LogP contribution in [-0.2, 0) is 16.1 Å². The van der Waals surface area contributed by atoms with Crippen molar-refractivity contribution in [2.24, 2.45) is 0 Å². The highest BCUT2D eigenvalue weighted by Gasteiger charge is 2.39. The molecule has 2 N–H and O–H groups in total. The lowest BCUT2D eigenvalue weighted by molar-refractivity contribution is -0.136. The van der Waals surface area contributed by atoms with E-state index in [2.05, 4.69) is 26.7 Å². The van der Waals surface area contributed by atoms with Crippen molar-refractivity contribution in [1.82, 2.24) is 20.2 Å². The first-order valence-electron chi connectivity index (χ1n) is 12.0. The van der Waals surface area contributed by atoms with Crippen molar-refractivity contribution in [2.45, 2.75) is 68.8 Å². The van der Waals surface area contributed by atoms with Crippen LogP contribution in [0.25, 0.3) is 0 Å². The van der Waals surface area contributed by atoms with Gasteiger partial charge in [0.1, 0.15) is 18.2 Å². The number of nitrogens with zero attached hydrogens (tertiary/aromatic N) is 3. The molecule has 0 bridgehead atoms. The molecule has 4 rings (SSSR count). The molecule has 1 aromatic carbocycles. The Morgan fingerprint density at radius 1 is 1.06 bits per heavy atom. The molecule has 2 aliphatic rings. The van der Waals surface area contributed by atoms with Crippen LogP contribution in [-0.4, -0.2) is 50.9 Å². The Kier molecular flexibility index (Phi) is 8.51. The zero-order chi connectivity index (χ0) is 23.8. The number of unbranched alkanes of at least 4 members (excludes halogenated alkanes) is 5. The summed E-state index contributed by atoms with van der Waals surface area (Å²) >= 11 is 1.79. The molecular formula is C25H31N5O3S. The maximum atomic E-state index is 12.9. The van der Waals surface area contributed by atoms with Crippen LogP contribution in [0.2, 0.25) is 0 Å². The van der Waals surface area contributed by atoms with E-state index in [0.29, 0.717) is 18.5 Å². The molecule has 1 saturated heterocycles. The van der Waals surface area contributed by atoms with E-state index in [-0.39, 0.29) is 24.1 Å². The van der Waals surface area contributed by atoms with E-state index in [1.807, 2.05) is 18.2 Å². The van der Waals surface area contributed by atoms with Crippen LogP contribution in [0.5, 0.6) is 0 Å². The van der Waals surface area contributed by atoms with E-state index in [4.69, 9.17) is 0 Å². The van der Waals surface area contributed by atoms with Gasteiger partial charge in [-0.15, -0.1) is 11.8 Å². The van der Waals surface area contributed by atoms with Gasteiger partial charge in [0.25, 0.3) is 5.91 Å². The molecule has 9 heteroatoms. The summed E-state index contributed by atoms with van der Waals surface area (Å²) in [4.78, 5) is 47.4. The summed E-state index contributed by atoms with van der Waals surface area (Å²) in [7, 11) is 0. The van der Waals surface area contributed by atoms with E-state index in [0.717, 1.165) is 41.4 Å². The molecule has 8 nitrogen and oxygen atoms in total. The van der Waals surface area contributed by atoms with Gasteiger partial charge in [0, 0.05) is 36.2 Å². The van der Waals surface area contributed by atoms with Crippen molar-refractivity contribution in [3.8, 4) is 0 Å². The van der Waals surface area contributed by atoms with Crippen LogP contribution in [0.3, 0.4) is 0 Å². The number of thioether (sulfide) groups is 1. The van der Waals surface area contributed by atoms with Gasteiger partial charge in [0.05, 0.1) is 0 Å². The van der Waals surface area contributed by atoms with Crippen molar-refractivity contribution in [2.75, 3.05) is 17.6 Å². The Labute approximate surface area is 204 Å². The maximum Gasteiger partial charge on any atom is 0.255 e. The first-order valence-corrected chi connectivity index (χ1v) is 13.0. The zero-order valence-corrected chi connectivity index (χ0v) is 20.1.